The van der Waals surface area contributed by atoms with E-state index in [9.17, 15) is 5.11 Å². The predicted octanol–water partition coefficient (Wildman–Crippen LogP) is 4.17. The lowest BCUT2D eigenvalue weighted by Crippen LogP contribution is -2.19. The summed E-state index contributed by atoms with van der Waals surface area (Å²) < 4.78 is 6.05. The van der Waals surface area contributed by atoms with Crippen molar-refractivity contribution in [2.24, 2.45) is 5.92 Å². The molecule has 3 rings (SSSR count). The Morgan fingerprint density at radius 3 is 2.75 bits per heavy atom. The number of fused-ring (bicyclic) bond motifs is 1. The third-order valence-corrected chi connectivity index (χ3v) is 5.87. The molecule has 0 aromatic carbocycles. The van der Waals surface area contributed by atoms with Crippen LogP contribution in [0.3, 0.4) is 0 Å². The maximum atomic E-state index is 10.1. The summed E-state index contributed by atoms with van der Waals surface area (Å²) in [6.07, 6.45) is 9.35. The first-order chi connectivity index (χ1) is 9.79. The van der Waals surface area contributed by atoms with E-state index in [1.807, 2.05) is 0 Å². The lowest BCUT2D eigenvalue weighted by molar-refractivity contribution is 0.00542. The number of hydrogen-bond donors (Lipinski definition) is 1. The van der Waals surface area contributed by atoms with Crippen LogP contribution < -0.4 is 0 Å². The highest BCUT2D eigenvalue weighted by atomic mass is 32.1. The van der Waals surface area contributed by atoms with Crippen molar-refractivity contribution in [2.75, 3.05) is 6.61 Å². The van der Waals surface area contributed by atoms with Crippen LogP contribution in [0.4, 0.5) is 0 Å². The van der Waals surface area contributed by atoms with Gasteiger partial charge in [-0.1, -0.05) is 19.3 Å². The first-order valence-corrected chi connectivity index (χ1v) is 8.90. The van der Waals surface area contributed by atoms with E-state index in [1.165, 1.54) is 32.1 Å². The summed E-state index contributed by atoms with van der Waals surface area (Å²) in [5.74, 6) is 0.619. The fourth-order valence-corrected chi connectivity index (χ4v) is 4.84. The van der Waals surface area contributed by atoms with Crippen LogP contribution in [0.5, 0.6) is 0 Å². The van der Waals surface area contributed by atoms with Gasteiger partial charge in [0.05, 0.1) is 16.7 Å². The first kappa shape index (κ1) is 14.5. The second-order valence-electron chi connectivity index (χ2n) is 6.05. The molecule has 20 heavy (non-hydrogen) atoms. The molecule has 0 aliphatic heterocycles. The Kier molecular flexibility index (Phi) is 4.74. The summed E-state index contributed by atoms with van der Waals surface area (Å²) in [4.78, 5) is 5.93. The van der Waals surface area contributed by atoms with Crippen molar-refractivity contribution in [3.05, 3.63) is 15.6 Å². The number of nitrogens with zero attached hydrogens (tertiary/aromatic N) is 1. The highest BCUT2D eigenvalue weighted by Gasteiger charge is 2.31. The molecule has 1 N–H and O–H groups in total. The SMILES string of the molecule is CCOC(c1nc2c(s1)C(O)CCC2)C1CCCCC1. The standard InChI is InChI=1S/C16H25NO2S/c1-2-19-14(11-7-4-3-5-8-11)16-17-12-9-6-10-13(18)15(12)20-16/h11,13-14,18H,2-10H2,1H3. The molecule has 0 bridgehead atoms. The van der Waals surface area contributed by atoms with Crippen LogP contribution >= 0.6 is 11.3 Å². The highest BCUT2D eigenvalue weighted by Crippen LogP contribution is 2.42. The average molecular weight is 295 g/mol. The molecule has 2 aliphatic carbocycles. The normalized spacial score (nSPS) is 25.4. The van der Waals surface area contributed by atoms with Gasteiger partial charge in [-0.25, -0.2) is 4.98 Å². The molecule has 2 atom stereocenters. The molecule has 3 nitrogen and oxygen atoms in total. The van der Waals surface area contributed by atoms with E-state index in [2.05, 4.69) is 6.92 Å². The van der Waals surface area contributed by atoms with Crippen molar-refractivity contribution in [3.63, 3.8) is 0 Å². The van der Waals surface area contributed by atoms with Gasteiger partial charge in [0.1, 0.15) is 11.1 Å². The quantitative estimate of drug-likeness (QED) is 0.906. The van der Waals surface area contributed by atoms with E-state index in [-0.39, 0.29) is 12.2 Å². The monoisotopic (exact) mass is 295 g/mol. The Morgan fingerprint density at radius 1 is 1.25 bits per heavy atom. The van der Waals surface area contributed by atoms with Gasteiger partial charge in [-0.3, -0.25) is 0 Å². The van der Waals surface area contributed by atoms with Crippen LogP contribution in [0, 0.1) is 5.92 Å². The van der Waals surface area contributed by atoms with E-state index < -0.39 is 0 Å². The van der Waals surface area contributed by atoms with E-state index in [4.69, 9.17) is 9.72 Å². The van der Waals surface area contributed by atoms with Crippen LogP contribution in [0.2, 0.25) is 0 Å². The number of thiazole rings is 1. The van der Waals surface area contributed by atoms with Gasteiger partial charge in [0, 0.05) is 6.61 Å². The molecule has 0 spiro atoms. The molecule has 1 aromatic heterocycles. The van der Waals surface area contributed by atoms with Crippen molar-refractivity contribution in [1.82, 2.24) is 4.98 Å². The Balaban J connectivity index is 1.83. The number of hydrogen-bond acceptors (Lipinski definition) is 4. The molecule has 4 heteroatoms. The zero-order valence-corrected chi connectivity index (χ0v) is 13.1. The Morgan fingerprint density at radius 2 is 2.05 bits per heavy atom. The summed E-state index contributed by atoms with van der Waals surface area (Å²) in [5, 5.41) is 11.2. The minimum absolute atomic E-state index is 0.156. The number of aromatic nitrogens is 1. The van der Waals surface area contributed by atoms with Gasteiger partial charge in [-0.2, -0.15) is 0 Å². The van der Waals surface area contributed by atoms with Crippen molar-refractivity contribution < 1.29 is 9.84 Å². The Hall–Kier alpha value is -0.450. The highest BCUT2D eigenvalue weighted by molar-refractivity contribution is 7.11. The maximum Gasteiger partial charge on any atom is 0.122 e. The number of ether oxygens (including phenoxy) is 1. The first-order valence-electron chi connectivity index (χ1n) is 8.08. The van der Waals surface area contributed by atoms with Crippen LogP contribution in [0.15, 0.2) is 0 Å². The van der Waals surface area contributed by atoms with E-state index in [0.717, 1.165) is 41.4 Å². The molecule has 0 saturated heterocycles. The molecule has 2 unspecified atom stereocenters. The largest absolute Gasteiger partial charge is 0.388 e. The molecular weight excluding hydrogens is 270 g/mol. The van der Waals surface area contributed by atoms with Crippen molar-refractivity contribution in [3.8, 4) is 0 Å². The van der Waals surface area contributed by atoms with Gasteiger partial charge in [0.2, 0.25) is 0 Å². The minimum atomic E-state index is -0.293. The van der Waals surface area contributed by atoms with Gasteiger partial charge in [0.15, 0.2) is 0 Å². The third-order valence-electron chi connectivity index (χ3n) is 4.61. The van der Waals surface area contributed by atoms with Gasteiger partial charge >= 0.3 is 0 Å². The second kappa shape index (κ2) is 6.54. The zero-order chi connectivity index (χ0) is 13.9. The average Bonchev–Trinajstić information content (AvgIpc) is 2.91. The molecule has 2 aliphatic rings. The Bertz CT molecular complexity index is 440. The number of rotatable bonds is 4. The number of aryl methyl sites for hydroxylation is 1. The van der Waals surface area contributed by atoms with E-state index in [0.29, 0.717) is 5.92 Å². The Labute approximate surface area is 125 Å². The molecule has 0 amide bonds. The molecule has 1 saturated carbocycles. The van der Waals surface area contributed by atoms with Crippen LogP contribution in [-0.2, 0) is 11.2 Å². The summed E-state index contributed by atoms with van der Waals surface area (Å²) in [6.45, 7) is 2.81. The van der Waals surface area contributed by atoms with Crippen molar-refractivity contribution in [1.29, 1.82) is 0 Å². The third kappa shape index (κ3) is 2.92. The molecule has 1 aromatic rings. The summed E-state index contributed by atoms with van der Waals surface area (Å²) >= 11 is 1.70. The summed E-state index contributed by atoms with van der Waals surface area (Å²) in [5.41, 5.74) is 1.13. The number of aliphatic hydroxyl groups is 1. The van der Waals surface area contributed by atoms with E-state index in [1.54, 1.807) is 11.3 Å². The van der Waals surface area contributed by atoms with Gasteiger partial charge in [-0.15, -0.1) is 11.3 Å². The van der Waals surface area contributed by atoms with Gasteiger partial charge in [-0.05, 0) is 44.9 Å². The molecule has 1 heterocycles. The van der Waals surface area contributed by atoms with Gasteiger partial charge < -0.3 is 9.84 Å². The number of aliphatic hydroxyl groups excluding tert-OH is 1. The smallest absolute Gasteiger partial charge is 0.122 e. The van der Waals surface area contributed by atoms with Crippen LogP contribution in [-0.4, -0.2) is 16.7 Å². The lowest BCUT2D eigenvalue weighted by Gasteiger charge is -2.28. The van der Waals surface area contributed by atoms with Gasteiger partial charge in [0.25, 0.3) is 0 Å². The molecule has 0 radical (unpaired) electrons. The lowest BCUT2D eigenvalue weighted by atomic mass is 9.85. The minimum Gasteiger partial charge on any atom is -0.388 e. The topological polar surface area (TPSA) is 42.4 Å². The predicted molar refractivity (Wildman–Crippen MR) is 81.0 cm³/mol. The van der Waals surface area contributed by atoms with Crippen LogP contribution in [0.1, 0.15) is 79.7 Å². The molecular formula is C16H25NO2S. The zero-order valence-electron chi connectivity index (χ0n) is 12.3. The molecule has 1 fully saturated rings. The molecule has 112 valence electrons. The second-order valence-corrected chi connectivity index (χ2v) is 7.11. The summed E-state index contributed by atoms with van der Waals surface area (Å²) in [6, 6.07) is 0. The van der Waals surface area contributed by atoms with Crippen molar-refractivity contribution in [2.45, 2.75) is 70.5 Å². The van der Waals surface area contributed by atoms with Crippen LogP contribution in [0.25, 0.3) is 0 Å². The maximum absolute atomic E-state index is 10.1. The summed E-state index contributed by atoms with van der Waals surface area (Å²) in [7, 11) is 0. The van der Waals surface area contributed by atoms with Crippen molar-refractivity contribution >= 4 is 11.3 Å². The van der Waals surface area contributed by atoms with E-state index >= 15 is 0 Å². The fraction of sp³-hybridized carbons (Fsp3) is 0.812. The fourth-order valence-electron chi connectivity index (χ4n) is 3.56.